The van der Waals surface area contributed by atoms with E-state index in [1.807, 2.05) is 18.2 Å². The van der Waals surface area contributed by atoms with Crippen LogP contribution in [0.1, 0.15) is 32.0 Å². The van der Waals surface area contributed by atoms with Gasteiger partial charge in [0.15, 0.2) is 0 Å². The molecule has 0 saturated carbocycles. The number of sulfonamides is 1. The van der Waals surface area contributed by atoms with E-state index >= 15 is 0 Å². The van der Waals surface area contributed by atoms with Gasteiger partial charge in [-0.3, -0.25) is 0 Å². The molecule has 0 aliphatic carbocycles. The van der Waals surface area contributed by atoms with E-state index in [0.717, 1.165) is 22.8 Å². The molecule has 0 spiro atoms. The molecule has 0 saturated heterocycles. The van der Waals surface area contributed by atoms with E-state index in [9.17, 15) is 18.0 Å². The molecule has 10 heteroatoms. The van der Waals surface area contributed by atoms with Crippen molar-refractivity contribution in [1.82, 2.24) is 4.98 Å². The van der Waals surface area contributed by atoms with E-state index in [2.05, 4.69) is 4.98 Å². The number of ether oxygens (including phenoxy) is 2. The van der Waals surface area contributed by atoms with Crippen molar-refractivity contribution in [3.05, 3.63) is 58.1 Å². The second-order valence-corrected chi connectivity index (χ2v) is 8.54. The summed E-state index contributed by atoms with van der Waals surface area (Å²) < 4.78 is 32.6. The average molecular weight is 420 g/mol. The number of nitrogens with zero attached hydrogens (tertiary/aromatic N) is 1. The molecule has 2 aromatic heterocycles. The maximum absolute atomic E-state index is 12.3. The molecule has 0 unspecified atom stereocenters. The number of aromatic nitrogens is 1. The van der Waals surface area contributed by atoms with Crippen LogP contribution in [0.25, 0.3) is 10.9 Å². The van der Waals surface area contributed by atoms with Gasteiger partial charge in [0.05, 0.1) is 29.4 Å². The minimum Gasteiger partial charge on any atom is -0.465 e. The predicted octanol–water partition coefficient (Wildman–Crippen LogP) is 2.40. The van der Waals surface area contributed by atoms with Crippen LogP contribution < -0.4 is 5.14 Å². The highest BCUT2D eigenvalue weighted by Crippen LogP contribution is 2.25. The van der Waals surface area contributed by atoms with Gasteiger partial charge in [0.2, 0.25) is 10.0 Å². The predicted molar refractivity (Wildman–Crippen MR) is 103 cm³/mol. The lowest BCUT2D eigenvalue weighted by Crippen LogP contribution is -2.14. The Labute approximate surface area is 165 Å². The number of primary sulfonamides is 1. The van der Waals surface area contributed by atoms with Crippen LogP contribution in [0.2, 0.25) is 0 Å². The smallest absolute Gasteiger partial charge is 0.340 e. The third-order valence-electron chi connectivity index (χ3n) is 4.05. The lowest BCUT2D eigenvalue weighted by molar-refractivity contribution is 0.0456. The van der Waals surface area contributed by atoms with Gasteiger partial charge in [0.25, 0.3) is 0 Å². The van der Waals surface area contributed by atoms with Gasteiger partial charge < -0.3 is 9.47 Å². The molecule has 0 aliphatic heterocycles. The summed E-state index contributed by atoms with van der Waals surface area (Å²) in [6.07, 6.45) is 0. The Balaban J connectivity index is 1.92. The maximum atomic E-state index is 12.3. The summed E-state index contributed by atoms with van der Waals surface area (Å²) in [5.41, 5.74) is 1.83. The number of nitrogens with two attached hydrogens (primary N) is 1. The van der Waals surface area contributed by atoms with Crippen molar-refractivity contribution in [2.24, 2.45) is 5.14 Å². The Morgan fingerprint density at radius 1 is 1.21 bits per heavy atom. The van der Waals surface area contributed by atoms with Gasteiger partial charge in [-0.25, -0.2) is 28.1 Å². The number of methoxy groups -OCH3 is 1. The van der Waals surface area contributed by atoms with Gasteiger partial charge in [-0.05, 0) is 24.6 Å². The van der Waals surface area contributed by atoms with Gasteiger partial charge in [-0.1, -0.05) is 18.2 Å². The zero-order valence-electron chi connectivity index (χ0n) is 15.0. The average Bonchev–Trinajstić information content (AvgIpc) is 3.16. The van der Waals surface area contributed by atoms with E-state index in [-0.39, 0.29) is 27.6 Å². The number of aryl methyl sites for hydroxylation is 1. The first-order valence-corrected chi connectivity index (χ1v) is 10.4. The molecule has 0 atom stereocenters. The quantitative estimate of drug-likeness (QED) is 0.628. The van der Waals surface area contributed by atoms with Crippen molar-refractivity contribution in [1.29, 1.82) is 0 Å². The van der Waals surface area contributed by atoms with Gasteiger partial charge in [0.1, 0.15) is 10.8 Å². The zero-order valence-corrected chi connectivity index (χ0v) is 16.6. The SMILES string of the molecule is COC(=O)c1c(COC(=O)c2csc(S(N)(=O)=O)c2)nc2ccccc2c1C. The van der Waals surface area contributed by atoms with Crippen LogP contribution in [0.15, 0.2) is 39.9 Å². The van der Waals surface area contributed by atoms with Crippen molar-refractivity contribution in [2.75, 3.05) is 7.11 Å². The molecule has 0 amide bonds. The highest BCUT2D eigenvalue weighted by molar-refractivity contribution is 7.91. The maximum Gasteiger partial charge on any atom is 0.340 e. The van der Waals surface area contributed by atoms with Crippen LogP contribution in [0, 0.1) is 6.92 Å². The Morgan fingerprint density at radius 3 is 2.57 bits per heavy atom. The van der Waals surface area contributed by atoms with Gasteiger partial charge >= 0.3 is 11.9 Å². The summed E-state index contributed by atoms with van der Waals surface area (Å²) in [5.74, 6) is -1.34. The molecular weight excluding hydrogens is 404 g/mol. The molecule has 3 rings (SSSR count). The first kappa shape index (κ1) is 19.9. The number of rotatable bonds is 5. The fourth-order valence-electron chi connectivity index (χ4n) is 2.71. The molecule has 3 aromatic rings. The second-order valence-electron chi connectivity index (χ2n) is 5.84. The molecule has 0 fully saturated rings. The minimum atomic E-state index is -3.90. The number of benzene rings is 1. The number of thiophene rings is 1. The van der Waals surface area contributed by atoms with Gasteiger partial charge in [-0.2, -0.15) is 0 Å². The van der Waals surface area contributed by atoms with Crippen molar-refractivity contribution >= 4 is 44.2 Å². The number of carbonyl (C=O) groups is 2. The number of para-hydroxylation sites is 1. The van der Waals surface area contributed by atoms with Crippen LogP contribution in [-0.4, -0.2) is 32.5 Å². The van der Waals surface area contributed by atoms with Gasteiger partial charge in [0, 0.05) is 10.8 Å². The topological polar surface area (TPSA) is 126 Å². The van der Waals surface area contributed by atoms with Crippen molar-refractivity contribution < 1.29 is 27.5 Å². The number of hydrogen-bond donors (Lipinski definition) is 1. The fraction of sp³-hybridized carbons (Fsp3) is 0.167. The Hall–Kier alpha value is -2.82. The van der Waals surface area contributed by atoms with Crippen LogP contribution in [0.4, 0.5) is 0 Å². The van der Waals surface area contributed by atoms with E-state index in [1.54, 1.807) is 13.0 Å². The third-order valence-corrected chi connectivity index (χ3v) is 6.43. The fourth-order valence-corrected chi connectivity index (χ4v) is 4.28. The highest BCUT2D eigenvalue weighted by atomic mass is 32.2. The molecular formula is C18H16N2O6S2. The molecule has 0 radical (unpaired) electrons. The number of fused-ring (bicyclic) bond motifs is 1. The van der Waals surface area contributed by atoms with Crippen molar-refractivity contribution in [3.8, 4) is 0 Å². The minimum absolute atomic E-state index is 0.0474. The summed E-state index contributed by atoms with van der Waals surface area (Å²) in [4.78, 5) is 28.9. The molecule has 28 heavy (non-hydrogen) atoms. The highest BCUT2D eigenvalue weighted by Gasteiger charge is 2.22. The van der Waals surface area contributed by atoms with E-state index in [4.69, 9.17) is 14.6 Å². The number of esters is 2. The Kier molecular flexibility index (Phi) is 5.45. The lowest BCUT2D eigenvalue weighted by Gasteiger charge is -2.13. The van der Waals surface area contributed by atoms with Crippen molar-refractivity contribution in [2.45, 2.75) is 17.7 Å². The molecule has 146 valence electrons. The largest absolute Gasteiger partial charge is 0.465 e. The molecule has 1 aromatic carbocycles. The molecule has 0 aliphatic rings. The summed E-state index contributed by atoms with van der Waals surface area (Å²) in [5, 5.41) is 7.16. The standard InChI is InChI=1S/C18H16N2O6S2/c1-10-12-5-3-4-6-13(12)20-14(16(10)18(22)25-2)8-26-17(21)11-7-15(27-9-11)28(19,23)24/h3-7,9H,8H2,1-2H3,(H2,19,23,24). The first-order valence-electron chi connectivity index (χ1n) is 7.97. The zero-order chi connectivity index (χ0) is 20.5. The normalized spacial score (nSPS) is 11.4. The Morgan fingerprint density at radius 2 is 1.93 bits per heavy atom. The van der Waals surface area contributed by atoms with Crippen LogP contribution in [0.5, 0.6) is 0 Å². The number of carbonyl (C=O) groups excluding carboxylic acids is 2. The summed E-state index contributed by atoms with van der Waals surface area (Å²) in [7, 11) is -2.64. The molecule has 8 nitrogen and oxygen atoms in total. The number of hydrogen-bond acceptors (Lipinski definition) is 8. The second kappa shape index (κ2) is 7.66. The summed E-state index contributed by atoms with van der Waals surface area (Å²) >= 11 is 0.819. The van der Waals surface area contributed by atoms with Crippen LogP contribution >= 0.6 is 11.3 Å². The monoisotopic (exact) mass is 420 g/mol. The van der Waals surface area contributed by atoms with Crippen molar-refractivity contribution in [3.63, 3.8) is 0 Å². The molecule has 2 N–H and O–H groups in total. The van der Waals surface area contributed by atoms with Gasteiger partial charge in [-0.15, -0.1) is 11.3 Å². The Bertz CT molecular complexity index is 1180. The van der Waals surface area contributed by atoms with Crippen LogP contribution in [0.3, 0.4) is 0 Å². The third kappa shape index (κ3) is 3.88. The van der Waals surface area contributed by atoms with E-state index < -0.39 is 22.0 Å². The first-order chi connectivity index (χ1) is 13.2. The molecule has 0 bridgehead atoms. The number of pyridine rings is 1. The van der Waals surface area contributed by atoms with Crippen LogP contribution in [-0.2, 0) is 26.1 Å². The molecule has 2 heterocycles. The van der Waals surface area contributed by atoms with E-state index in [0.29, 0.717) is 11.1 Å². The van der Waals surface area contributed by atoms with E-state index in [1.165, 1.54) is 12.5 Å². The lowest BCUT2D eigenvalue weighted by atomic mass is 10.0. The summed E-state index contributed by atoms with van der Waals surface area (Å²) in [6, 6.07) is 8.40. The summed E-state index contributed by atoms with van der Waals surface area (Å²) in [6.45, 7) is 1.48.